The van der Waals surface area contributed by atoms with Gasteiger partial charge in [0.15, 0.2) is 0 Å². The monoisotopic (exact) mass is 293 g/mol. The van der Waals surface area contributed by atoms with Crippen LogP contribution in [0.4, 0.5) is 17.5 Å². The molecule has 21 heavy (non-hydrogen) atoms. The van der Waals surface area contributed by atoms with Crippen molar-refractivity contribution in [3.8, 4) is 0 Å². The number of rotatable bonds is 5. The second-order valence-electron chi connectivity index (χ2n) is 5.63. The Morgan fingerprint density at radius 1 is 1.48 bits per heavy atom. The fraction of sp³-hybridized carbons (Fsp3) is 0.714. The highest BCUT2D eigenvalue weighted by atomic mass is 16.6. The average Bonchev–Trinajstić information content (AvgIpc) is 2.47. The van der Waals surface area contributed by atoms with Crippen LogP contribution in [0, 0.1) is 16.0 Å². The number of aromatic nitrogens is 2. The normalized spacial score (nSPS) is 21.9. The summed E-state index contributed by atoms with van der Waals surface area (Å²) in [6, 6.07) is 0.293. The molecule has 0 bridgehead atoms. The minimum Gasteiger partial charge on any atom is -0.354 e. The Kier molecular flexibility index (Phi) is 4.93. The molecule has 2 atom stereocenters. The first-order valence-corrected chi connectivity index (χ1v) is 7.52. The number of nitrogens with one attached hydrogen (secondary N) is 1. The standard InChI is InChI=1S/C14H23N5O2/c1-4-15-14-16-9-12(19(20)21)13(17-14)18(3)11-8-6-5-7-10(11)2/h9-11H,4-8H2,1-3H3,(H,15,16,17). The molecule has 0 spiro atoms. The Balaban J connectivity index is 2.34. The van der Waals surface area contributed by atoms with Gasteiger partial charge in [0.1, 0.15) is 6.20 Å². The van der Waals surface area contributed by atoms with E-state index in [1.807, 2.05) is 18.9 Å². The SMILES string of the molecule is CCNc1ncc([N+](=O)[O-])c(N(C)C2CCCCC2C)n1. The zero-order valence-electron chi connectivity index (χ0n) is 12.9. The maximum absolute atomic E-state index is 11.2. The van der Waals surface area contributed by atoms with Crippen molar-refractivity contribution in [1.82, 2.24) is 9.97 Å². The summed E-state index contributed by atoms with van der Waals surface area (Å²) >= 11 is 0. The second-order valence-corrected chi connectivity index (χ2v) is 5.63. The van der Waals surface area contributed by atoms with E-state index in [0.29, 0.717) is 30.3 Å². The van der Waals surface area contributed by atoms with E-state index in [1.54, 1.807) is 0 Å². The maximum Gasteiger partial charge on any atom is 0.329 e. The van der Waals surface area contributed by atoms with Crippen LogP contribution >= 0.6 is 0 Å². The van der Waals surface area contributed by atoms with Gasteiger partial charge >= 0.3 is 5.69 Å². The van der Waals surface area contributed by atoms with Crippen molar-refractivity contribution in [2.75, 3.05) is 23.8 Å². The van der Waals surface area contributed by atoms with Crippen LogP contribution in [0.1, 0.15) is 39.5 Å². The van der Waals surface area contributed by atoms with Gasteiger partial charge in [0.25, 0.3) is 0 Å². The van der Waals surface area contributed by atoms with Crippen LogP contribution in [0.2, 0.25) is 0 Å². The summed E-state index contributed by atoms with van der Waals surface area (Å²) in [7, 11) is 1.90. The van der Waals surface area contributed by atoms with Crippen LogP contribution < -0.4 is 10.2 Å². The summed E-state index contributed by atoms with van der Waals surface area (Å²) in [6.45, 7) is 4.83. The van der Waals surface area contributed by atoms with Crippen LogP contribution in [0.15, 0.2) is 6.20 Å². The molecule has 0 aromatic carbocycles. The van der Waals surface area contributed by atoms with Crippen LogP contribution in [0.25, 0.3) is 0 Å². The first-order valence-electron chi connectivity index (χ1n) is 7.52. The highest BCUT2D eigenvalue weighted by Crippen LogP contribution is 2.33. The van der Waals surface area contributed by atoms with Gasteiger partial charge in [-0.3, -0.25) is 10.1 Å². The Bertz CT molecular complexity index is 508. The lowest BCUT2D eigenvalue weighted by Crippen LogP contribution is -2.39. The fourth-order valence-corrected chi connectivity index (χ4v) is 3.03. The number of nitro groups is 1. The highest BCUT2D eigenvalue weighted by molar-refractivity contribution is 5.59. The van der Waals surface area contributed by atoms with Gasteiger partial charge in [0.05, 0.1) is 4.92 Å². The molecule has 1 aliphatic carbocycles. The van der Waals surface area contributed by atoms with Crippen LogP contribution in [0.5, 0.6) is 0 Å². The number of nitrogens with zero attached hydrogens (tertiary/aromatic N) is 4. The van der Waals surface area contributed by atoms with E-state index in [9.17, 15) is 10.1 Å². The zero-order valence-corrected chi connectivity index (χ0v) is 12.9. The molecule has 1 aromatic rings. The molecule has 7 heteroatoms. The molecule has 1 fully saturated rings. The zero-order chi connectivity index (χ0) is 15.4. The van der Waals surface area contributed by atoms with E-state index in [-0.39, 0.29) is 5.69 Å². The molecule has 1 heterocycles. The number of anilines is 2. The van der Waals surface area contributed by atoms with Crippen molar-refractivity contribution in [1.29, 1.82) is 0 Å². The molecule has 7 nitrogen and oxygen atoms in total. The molecule has 116 valence electrons. The smallest absolute Gasteiger partial charge is 0.329 e. The van der Waals surface area contributed by atoms with Crippen molar-refractivity contribution in [3.05, 3.63) is 16.3 Å². The topological polar surface area (TPSA) is 84.2 Å². The predicted octanol–water partition coefficient (Wildman–Crippen LogP) is 2.83. The maximum atomic E-state index is 11.2. The number of hydrogen-bond acceptors (Lipinski definition) is 6. The first kappa shape index (κ1) is 15.5. The van der Waals surface area contributed by atoms with Crippen molar-refractivity contribution in [3.63, 3.8) is 0 Å². The summed E-state index contributed by atoms with van der Waals surface area (Å²) < 4.78 is 0. The minimum absolute atomic E-state index is 0.0306. The third kappa shape index (κ3) is 3.40. The third-order valence-corrected chi connectivity index (χ3v) is 4.18. The second kappa shape index (κ2) is 6.69. The molecule has 0 aliphatic heterocycles. The Morgan fingerprint density at radius 2 is 2.19 bits per heavy atom. The summed E-state index contributed by atoms with van der Waals surface area (Å²) in [6.07, 6.45) is 5.91. The lowest BCUT2D eigenvalue weighted by molar-refractivity contribution is -0.384. The lowest BCUT2D eigenvalue weighted by Gasteiger charge is -2.36. The molecule has 0 radical (unpaired) electrons. The minimum atomic E-state index is -0.408. The average molecular weight is 293 g/mol. The Hall–Kier alpha value is -1.92. The van der Waals surface area contributed by atoms with Crippen molar-refractivity contribution in [2.24, 2.45) is 5.92 Å². The first-order chi connectivity index (χ1) is 10.0. The van der Waals surface area contributed by atoms with Gasteiger partial charge in [-0.15, -0.1) is 0 Å². The van der Waals surface area contributed by atoms with Gasteiger partial charge in [-0.25, -0.2) is 4.98 Å². The van der Waals surface area contributed by atoms with Gasteiger partial charge < -0.3 is 10.2 Å². The molecule has 0 amide bonds. The molecular weight excluding hydrogens is 270 g/mol. The van der Waals surface area contributed by atoms with Crippen LogP contribution in [0.3, 0.4) is 0 Å². The third-order valence-electron chi connectivity index (χ3n) is 4.18. The van der Waals surface area contributed by atoms with Crippen molar-refractivity contribution < 1.29 is 4.92 Å². The van der Waals surface area contributed by atoms with Crippen LogP contribution in [-0.4, -0.2) is 34.5 Å². The fourth-order valence-electron chi connectivity index (χ4n) is 3.03. The van der Waals surface area contributed by atoms with E-state index in [1.165, 1.54) is 12.6 Å². The molecule has 1 saturated carbocycles. The molecule has 1 aliphatic rings. The summed E-state index contributed by atoms with van der Waals surface area (Å²) in [5, 5.41) is 14.2. The van der Waals surface area contributed by atoms with E-state index < -0.39 is 4.92 Å². The molecule has 1 aromatic heterocycles. The highest BCUT2D eigenvalue weighted by Gasteiger charge is 2.30. The largest absolute Gasteiger partial charge is 0.354 e. The molecular formula is C14H23N5O2. The molecule has 1 N–H and O–H groups in total. The predicted molar refractivity (Wildman–Crippen MR) is 82.7 cm³/mol. The van der Waals surface area contributed by atoms with Gasteiger partial charge in [0.2, 0.25) is 11.8 Å². The van der Waals surface area contributed by atoms with Gasteiger partial charge in [-0.1, -0.05) is 19.8 Å². The Labute approximate surface area is 124 Å². The van der Waals surface area contributed by atoms with E-state index >= 15 is 0 Å². The number of hydrogen-bond donors (Lipinski definition) is 1. The van der Waals surface area contributed by atoms with Crippen molar-refractivity contribution in [2.45, 2.75) is 45.6 Å². The molecule has 2 rings (SSSR count). The molecule has 2 unspecified atom stereocenters. The van der Waals surface area contributed by atoms with Gasteiger partial charge in [-0.2, -0.15) is 4.98 Å². The quantitative estimate of drug-likeness (QED) is 0.664. The lowest BCUT2D eigenvalue weighted by atomic mass is 9.85. The van der Waals surface area contributed by atoms with E-state index in [0.717, 1.165) is 19.3 Å². The van der Waals surface area contributed by atoms with E-state index in [4.69, 9.17) is 0 Å². The summed E-state index contributed by atoms with van der Waals surface area (Å²) in [5.74, 6) is 1.36. The van der Waals surface area contributed by atoms with E-state index in [2.05, 4.69) is 22.2 Å². The van der Waals surface area contributed by atoms with Gasteiger partial charge in [-0.05, 0) is 25.7 Å². The molecule has 0 saturated heterocycles. The Morgan fingerprint density at radius 3 is 2.81 bits per heavy atom. The van der Waals surface area contributed by atoms with Crippen molar-refractivity contribution >= 4 is 17.5 Å². The summed E-state index contributed by atoms with van der Waals surface area (Å²) in [5.41, 5.74) is -0.0306. The van der Waals surface area contributed by atoms with Gasteiger partial charge in [0, 0.05) is 19.6 Å². The summed E-state index contributed by atoms with van der Waals surface area (Å²) in [4.78, 5) is 21.2. The van der Waals surface area contributed by atoms with Crippen LogP contribution in [-0.2, 0) is 0 Å².